The highest BCUT2D eigenvalue weighted by atomic mass is 35.5. The molecule has 0 unspecified atom stereocenters. The number of nitrogens with zero attached hydrogens (tertiary/aromatic N) is 3. The summed E-state index contributed by atoms with van der Waals surface area (Å²) in [6.45, 7) is -0.0183. The van der Waals surface area contributed by atoms with Crippen molar-refractivity contribution in [2.45, 2.75) is 6.54 Å². The Morgan fingerprint density at radius 1 is 1.06 bits per heavy atom. The zero-order valence-corrected chi connectivity index (χ0v) is 18.9. The van der Waals surface area contributed by atoms with E-state index in [-0.39, 0.29) is 23.0 Å². The van der Waals surface area contributed by atoms with Crippen molar-refractivity contribution in [3.8, 4) is 11.6 Å². The first-order valence-corrected chi connectivity index (χ1v) is 11.0. The molecule has 0 spiro atoms. The summed E-state index contributed by atoms with van der Waals surface area (Å²) in [7, 11) is 0. The number of halogens is 2. The Hall–Kier alpha value is -3.40. The van der Waals surface area contributed by atoms with Crippen LogP contribution in [0.5, 0.6) is 11.6 Å². The molecule has 4 rings (SSSR count). The third kappa shape index (κ3) is 5.16. The molecule has 2 heterocycles. The minimum absolute atomic E-state index is 0.0183. The van der Waals surface area contributed by atoms with E-state index in [1.54, 1.807) is 48.5 Å². The van der Waals surface area contributed by atoms with Crippen LogP contribution in [0.4, 0.5) is 10.5 Å². The molecule has 8 nitrogen and oxygen atoms in total. The molecule has 1 saturated heterocycles. The van der Waals surface area contributed by atoms with Gasteiger partial charge in [0.1, 0.15) is 11.9 Å². The third-order valence-electron chi connectivity index (χ3n) is 4.58. The summed E-state index contributed by atoms with van der Waals surface area (Å²) in [6, 6.07) is 14.4. The number of pyridine rings is 1. The molecular formula is C22H13Cl2N3O5S. The smallest absolute Gasteiger partial charge is 0.293 e. The lowest BCUT2D eigenvalue weighted by molar-refractivity contribution is -0.385. The lowest BCUT2D eigenvalue weighted by atomic mass is 10.2. The van der Waals surface area contributed by atoms with Crippen molar-refractivity contribution < 1.29 is 19.2 Å². The molecule has 0 aliphatic carbocycles. The van der Waals surface area contributed by atoms with E-state index in [1.807, 2.05) is 0 Å². The summed E-state index contributed by atoms with van der Waals surface area (Å²) in [5, 5.41) is 11.0. The molecular weight excluding hydrogens is 489 g/mol. The number of rotatable bonds is 6. The quantitative estimate of drug-likeness (QED) is 0.221. The zero-order valence-electron chi connectivity index (χ0n) is 16.6. The summed E-state index contributed by atoms with van der Waals surface area (Å²) < 4.78 is 5.57. The topological polar surface area (TPSA) is 103 Å². The molecule has 0 saturated carbocycles. The Bertz CT molecular complexity index is 1260. The molecule has 0 radical (unpaired) electrons. The van der Waals surface area contributed by atoms with E-state index in [2.05, 4.69) is 4.98 Å². The minimum atomic E-state index is -0.545. The second-order valence-corrected chi connectivity index (χ2v) is 8.56. The predicted octanol–water partition coefficient (Wildman–Crippen LogP) is 6.33. The summed E-state index contributed by atoms with van der Waals surface area (Å²) in [5.41, 5.74) is 1.05. The fourth-order valence-corrected chi connectivity index (χ4v) is 4.28. The molecule has 0 bridgehead atoms. The van der Waals surface area contributed by atoms with Crippen LogP contribution in [0.2, 0.25) is 10.0 Å². The number of aromatic nitrogens is 1. The van der Waals surface area contributed by atoms with Crippen molar-refractivity contribution in [3.63, 3.8) is 0 Å². The molecule has 0 atom stereocenters. The fourth-order valence-electron chi connectivity index (χ4n) is 2.92. The van der Waals surface area contributed by atoms with E-state index in [1.165, 1.54) is 12.1 Å². The van der Waals surface area contributed by atoms with Gasteiger partial charge < -0.3 is 4.74 Å². The van der Waals surface area contributed by atoms with Gasteiger partial charge >= 0.3 is 0 Å². The maximum atomic E-state index is 12.8. The Kier molecular flexibility index (Phi) is 6.64. The van der Waals surface area contributed by atoms with E-state index in [4.69, 9.17) is 27.9 Å². The fraction of sp³-hybridized carbons (Fsp3) is 0.0455. The molecule has 11 heteroatoms. The molecule has 1 fully saturated rings. The van der Waals surface area contributed by atoms with Gasteiger partial charge in [0.15, 0.2) is 0 Å². The van der Waals surface area contributed by atoms with E-state index < -0.39 is 16.1 Å². The highest BCUT2D eigenvalue weighted by Crippen LogP contribution is 2.36. The molecule has 2 aromatic carbocycles. The van der Waals surface area contributed by atoms with Crippen LogP contribution in [0, 0.1) is 10.1 Å². The van der Waals surface area contributed by atoms with Crippen molar-refractivity contribution in [1.29, 1.82) is 0 Å². The number of carbonyl (C=O) groups is 2. The second-order valence-electron chi connectivity index (χ2n) is 6.75. The van der Waals surface area contributed by atoms with Crippen LogP contribution in [0.1, 0.15) is 11.1 Å². The third-order valence-corrected chi connectivity index (χ3v) is 6.20. The second kappa shape index (κ2) is 9.62. The number of hydrogen-bond donors (Lipinski definition) is 0. The monoisotopic (exact) mass is 501 g/mol. The van der Waals surface area contributed by atoms with Crippen LogP contribution in [-0.4, -0.2) is 26.0 Å². The van der Waals surface area contributed by atoms with E-state index in [0.29, 0.717) is 26.9 Å². The van der Waals surface area contributed by atoms with E-state index in [9.17, 15) is 19.7 Å². The van der Waals surface area contributed by atoms with Gasteiger partial charge in [0.2, 0.25) is 5.88 Å². The van der Waals surface area contributed by atoms with Gasteiger partial charge in [0, 0.05) is 27.7 Å². The van der Waals surface area contributed by atoms with Crippen LogP contribution in [0.3, 0.4) is 0 Å². The Morgan fingerprint density at radius 2 is 1.76 bits per heavy atom. The Labute approximate surface area is 201 Å². The summed E-state index contributed by atoms with van der Waals surface area (Å²) in [4.78, 5) is 40.6. The summed E-state index contributed by atoms with van der Waals surface area (Å²) in [5.74, 6) is 0.221. The van der Waals surface area contributed by atoms with E-state index in [0.717, 1.165) is 22.9 Å². The van der Waals surface area contributed by atoms with Crippen molar-refractivity contribution in [3.05, 3.63) is 97.0 Å². The Morgan fingerprint density at radius 3 is 2.36 bits per heavy atom. The average Bonchev–Trinajstić information content (AvgIpc) is 3.05. The van der Waals surface area contributed by atoms with Crippen LogP contribution in [-0.2, 0) is 11.3 Å². The van der Waals surface area contributed by atoms with Crippen LogP contribution < -0.4 is 4.74 Å². The number of benzene rings is 2. The van der Waals surface area contributed by atoms with Crippen LogP contribution in [0.15, 0.2) is 65.7 Å². The number of imide groups is 1. The number of hydrogen-bond acceptors (Lipinski definition) is 7. The van der Waals surface area contributed by atoms with Gasteiger partial charge in [0.25, 0.3) is 16.8 Å². The average molecular weight is 502 g/mol. The van der Waals surface area contributed by atoms with Crippen molar-refractivity contribution >= 4 is 57.9 Å². The van der Waals surface area contributed by atoms with Gasteiger partial charge in [-0.1, -0.05) is 41.4 Å². The van der Waals surface area contributed by atoms with Gasteiger partial charge in [0.05, 0.1) is 16.4 Å². The van der Waals surface area contributed by atoms with Crippen molar-refractivity contribution in [2.75, 3.05) is 0 Å². The first-order valence-electron chi connectivity index (χ1n) is 9.38. The van der Waals surface area contributed by atoms with Gasteiger partial charge in [-0.2, -0.15) is 0 Å². The predicted molar refractivity (Wildman–Crippen MR) is 125 cm³/mol. The number of carbonyl (C=O) groups excluding carboxylic acids is 2. The molecule has 1 aliphatic rings. The lowest BCUT2D eigenvalue weighted by Gasteiger charge is -2.14. The van der Waals surface area contributed by atoms with Crippen molar-refractivity contribution in [1.82, 2.24) is 9.88 Å². The molecule has 166 valence electrons. The van der Waals surface area contributed by atoms with Crippen molar-refractivity contribution in [2.24, 2.45) is 0 Å². The van der Waals surface area contributed by atoms with Crippen LogP contribution >= 0.6 is 35.0 Å². The summed E-state index contributed by atoms with van der Waals surface area (Å²) >= 11 is 13.2. The summed E-state index contributed by atoms with van der Waals surface area (Å²) in [6.07, 6.45) is 2.71. The van der Waals surface area contributed by atoms with Crippen LogP contribution in [0.25, 0.3) is 6.08 Å². The molecule has 0 N–H and O–H groups in total. The number of thioether (sulfide) groups is 1. The highest BCUT2D eigenvalue weighted by molar-refractivity contribution is 8.18. The first kappa shape index (κ1) is 22.8. The number of nitro groups is 1. The normalized spacial score (nSPS) is 14.7. The van der Waals surface area contributed by atoms with Gasteiger partial charge in [-0.3, -0.25) is 24.6 Å². The molecule has 3 aromatic rings. The highest BCUT2D eigenvalue weighted by Gasteiger charge is 2.35. The van der Waals surface area contributed by atoms with E-state index >= 15 is 0 Å². The number of ether oxygens (including phenoxy) is 1. The van der Waals surface area contributed by atoms with Gasteiger partial charge in [-0.15, -0.1) is 0 Å². The van der Waals surface area contributed by atoms with Gasteiger partial charge in [-0.25, -0.2) is 4.98 Å². The molecule has 1 aliphatic heterocycles. The maximum Gasteiger partial charge on any atom is 0.293 e. The standard InChI is InChI=1S/C22H13Cl2N3O5S/c23-17-2-1-3-18(24)16(17)12-26-21(28)19(33-22(26)29)10-13-4-7-15(8-5-13)32-20-9-6-14(11-25-20)27(30)31/h1-11H,12H2/b19-10-. The molecule has 33 heavy (non-hydrogen) atoms. The largest absolute Gasteiger partial charge is 0.439 e. The molecule has 1 aromatic heterocycles. The Balaban J connectivity index is 1.46. The van der Waals surface area contributed by atoms with Gasteiger partial charge in [-0.05, 0) is 47.7 Å². The zero-order chi connectivity index (χ0) is 23.5. The molecule has 2 amide bonds. The number of amides is 2. The SMILES string of the molecule is O=C1S/C(=C\c2ccc(Oc3ccc([N+](=O)[O-])cn3)cc2)C(=O)N1Cc1c(Cl)cccc1Cl. The maximum absolute atomic E-state index is 12.8. The first-order chi connectivity index (χ1) is 15.8. The lowest BCUT2D eigenvalue weighted by Crippen LogP contribution is -2.27. The minimum Gasteiger partial charge on any atom is -0.439 e.